The van der Waals surface area contributed by atoms with E-state index in [9.17, 15) is 0 Å². The number of nitrogens with zero attached hydrogens (tertiary/aromatic N) is 2. The van der Waals surface area contributed by atoms with Gasteiger partial charge in [-0.05, 0) is 16.7 Å². The predicted molar refractivity (Wildman–Crippen MR) is 104 cm³/mol. The van der Waals surface area contributed by atoms with Crippen LogP contribution in [0.25, 0.3) is 22.4 Å². The smallest absolute Gasteiger partial charge is 0.217 e. The monoisotopic (exact) mass is 338 g/mol. The molecule has 0 bridgehead atoms. The molecule has 4 aromatic rings. The van der Waals surface area contributed by atoms with Gasteiger partial charge in [0.05, 0.1) is 5.69 Å². The van der Waals surface area contributed by atoms with Crippen molar-refractivity contribution in [1.82, 2.24) is 9.97 Å². The van der Waals surface area contributed by atoms with Gasteiger partial charge in [0, 0.05) is 11.6 Å². The molecular formula is C23H18N2O. The minimum atomic E-state index is 0.490. The van der Waals surface area contributed by atoms with Gasteiger partial charge < -0.3 is 4.74 Å². The Bertz CT molecular complexity index is 968. The Morgan fingerprint density at radius 1 is 0.615 bits per heavy atom. The van der Waals surface area contributed by atoms with E-state index >= 15 is 0 Å². The molecule has 0 spiro atoms. The summed E-state index contributed by atoms with van der Waals surface area (Å²) in [5.74, 6) is 0.575. The predicted octanol–water partition coefficient (Wildman–Crippen LogP) is 5.39. The van der Waals surface area contributed by atoms with Crippen molar-refractivity contribution in [3.05, 3.63) is 103 Å². The van der Waals surface area contributed by atoms with Crippen LogP contribution in [-0.2, 0) is 6.61 Å². The maximum atomic E-state index is 5.80. The van der Waals surface area contributed by atoms with Crippen molar-refractivity contribution < 1.29 is 4.74 Å². The maximum absolute atomic E-state index is 5.80. The summed E-state index contributed by atoms with van der Waals surface area (Å²) in [5, 5.41) is 0. The van der Waals surface area contributed by atoms with Gasteiger partial charge in [-0.15, -0.1) is 0 Å². The summed E-state index contributed by atoms with van der Waals surface area (Å²) in [6.07, 6.45) is 1.54. The van der Waals surface area contributed by atoms with Crippen LogP contribution in [0.15, 0.2) is 97.3 Å². The molecule has 126 valence electrons. The molecule has 3 aromatic carbocycles. The number of aromatic nitrogens is 2. The molecule has 0 unspecified atom stereocenters. The molecule has 0 N–H and O–H groups in total. The largest absolute Gasteiger partial charge is 0.473 e. The number of ether oxygens (including phenoxy) is 1. The van der Waals surface area contributed by atoms with E-state index in [2.05, 4.69) is 46.4 Å². The number of benzene rings is 3. The third-order valence-electron chi connectivity index (χ3n) is 4.16. The molecule has 0 radical (unpaired) electrons. The van der Waals surface area contributed by atoms with Gasteiger partial charge in [-0.3, -0.25) is 0 Å². The average Bonchev–Trinajstić information content (AvgIpc) is 2.74. The zero-order valence-electron chi connectivity index (χ0n) is 14.2. The van der Waals surface area contributed by atoms with Gasteiger partial charge in [-0.2, -0.15) is 0 Å². The van der Waals surface area contributed by atoms with Gasteiger partial charge in [0.2, 0.25) is 5.88 Å². The SMILES string of the molecule is c1ccc(COc2cc(-c3ccc(-c4ccccc4)cc3)ncn2)cc1. The van der Waals surface area contributed by atoms with Crippen LogP contribution in [0.1, 0.15) is 5.56 Å². The molecule has 4 rings (SSSR count). The minimum Gasteiger partial charge on any atom is -0.473 e. The standard InChI is InChI=1S/C23H18N2O/c1-3-7-18(8-4-1)16-26-23-15-22(24-17-25-23)21-13-11-20(12-14-21)19-9-5-2-6-10-19/h1-15,17H,16H2. The third kappa shape index (κ3) is 3.78. The van der Waals surface area contributed by atoms with E-state index in [4.69, 9.17) is 4.74 Å². The van der Waals surface area contributed by atoms with Crippen LogP contribution in [0.4, 0.5) is 0 Å². The quantitative estimate of drug-likeness (QED) is 0.489. The van der Waals surface area contributed by atoms with Crippen LogP contribution < -0.4 is 4.74 Å². The highest BCUT2D eigenvalue weighted by molar-refractivity contribution is 5.68. The lowest BCUT2D eigenvalue weighted by atomic mass is 10.0. The first-order valence-corrected chi connectivity index (χ1v) is 8.53. The van der Waals surface area contributed by atoms with E-state index in [0.717, 1.165) is 16.8 Å². The Morgan fingerprint density at radius 2 is 1.23 bits per heavy atom. The summed E-state index contributed by atoms with van der Waals surface area (Å²) in [4.78, 5) is 8.59. The first-order valence-electron chi connectivity index (χ1n) is 8.53. The van der Waals surface area contributed by atoms with Crippen molar-refractivity contribution >= 4 is 0 Å². The van der Waals surface area contributed by atoms with Crippen LogP contribution >= 0.6 is 0 Å². The summed E-state index contributed by atoms with van der Waals surface area (Å²) in [6, 6.07) is 30.6. The number of hydrogen-bond acceptors (Lipinski definition) is 3. The van der Waals surface area contributed by atoms with Gasteiger partial charge in [0.25, 0.3) is 0 Å². The van der Waals surface area contributed by atoms with Gasteiger partial charge in [0.1, 0.15) is 12.9 Å². The fourth-order valence-corrected chi connectivity index (χ4v) is 2.77. The van der Waals surface area contributed by atoms with Gasteiger partial charge in [0.15, 0.2) is 0 Å². The number of rotatable bonds is 5. The molecule has 0 aliphatic carbocycles. The van der Waals surface area contributed by atoms with Crippen molar-refractivity contribution in [3.8, 4) is 28.3 Å². The molecule has 0 fully saturated rings. The highest BCUT2D eigenvalue weighted by Gasteiger charge is 2.04. The molecule has 26 heavy (non-hydrogen) atoms. The zero-order chi connectivity index (χ0) is 17.6. The highest BCUT2D eigenvalue weighted by Crippen LogP contribution is 2.25. The van der Waals surface area contributed by atoms with Crippen molar-refractivity contribution in [2.75, 3.05) is 0 Å². The Hall–Kier alpha value is -3.46. The van der Waals surface area contributed by atoms with Gasteiger partial charge >= 0.3 is 0 Å². The van der Waals surface area contributed by atoms with E-state index < -0.39 is 0 Å². The topological polar surface area (TPSA) is 35.0 Å². The lowest BCUT2D eigenvalue weighted by Crippen LogP contribution is -1.98. The van der Waals surface area contributed by atoms with Gasteiger partial charge in [-0.25, -0.2) is 9.97 Å². The van der Waals surface area contributed by atoms with E-state index in [1.807, 2.05) is 54.6 Å². The molecule has 0 aliphatic heterocycles. The molecular weight excluding hydrogens is 320 g/mol. The van der Waals surface area contributed by atoms with E-state index in [-0.39, 0.29) is 0 Å². The van der Waals surface area contributed by atoms with E-state index in [1.165, 1.54) is 11.1 Å². The second kappa shape index (κ2) is 7.62. The second-order valence-corrected chi connectivity index (χ2v) is 5.96. The molecule has 0 saturated heterocycles. The van der Waals surface area contributed by atoms with Crippen LogP contribution in [0.2, 0.25) is 0 Å². The van der Waals surface area contributed by atoms with Crippen molar-refractivity contribution in [1.29, 1.82) is 0 Å². The average molecular weight is 338 g/mol. The van der Waals surface area contributed by atoms with Crippen LogP contribution in [0.3, 0.4) is 0 Å². The molecule has 0 atom stereocenters. The van der Waals surface area contributed by atoms with Crippen molar-refractivity contribution in [2.24, 2.45) is 0 Å². The first-order chi connectivity index (χ1) is 12.9. The Morgan fingerprint density at radius 3 is 1.96 bits per heavy atom. The Kier molecular flexibility index (Phi) is 4.70. The van der Waals surface area contributed by atoms with Crippen LogP contribution in [0, 0.1) is 0 Å². The van der Waals surface area contributed by atoms with Crippen LogP contribution in [0.5, 0.6) is 5.88 Å². The lowest BCUT2D eigenvalue weighted by Gasteiger charge is -2.07. The summed E-state index contributed by atoms with van der Waals surface area (Å²) in [5.41, 5.74) is 5.39. The maximum Gasteiger partial charge on any atom is 0.217 e. The second-order valence-electron chi connectivity index (χ2n) is 5.96. The van der Waals surface area contributed by atoms with Crippen molar-refractivity contribution in [2.45, 2.75) is 6.61 Å². The third-order valence-corrected chi connectivity index (χ3v) is 4.16. The highest BCUT2D eigenvalue weighted by atomic mass is 16.5. The van der Waals surface area contributed by atoms with Crippen molar-refractivity contribution in [3.63, 3.8) is 0 Å². The summed E-state index contributed by atoms with van der Waals surface area (Å²) in [7, 11) is 0. The molecule has 3 heteroatoms. The van der Waals surface area contributed by atoms with E-state index in [1.54, 1.807) is 6.33 Å². The van der Waals surface area contributed by atoms with Gasteiger partial charge in [-0.1, -0.05) is 84.9 Å². The minimum absolute atomic E-state index is 0.490. The molecule has 3 nitrogen and oxygen atoms in total. The molecule has 1 heterocycles. The molecule has 0 amide bonds. The normalized spacial score (nSPS) is 10.5. The molecule has 0 aliphatic rings. The fraction of sp³-hybridized carbons (Fsp3) is 0.0435. The van der Waals surface area contributed by atoms with E-state index in [0.29, 0.717) is 12.5 Å². The molecule has 1 aromatic heterocycles. The zero-order valence-corrected chi connectivity index (χ0v) is 14.2. The summed E-state index contributed by atoms with van der Waals surface area (Å²) < 4.78 is 5.80. The lowest BCUT2D eigenvalue weighted by molar-refractivity contribution is 0.293. The fourth-order valence-electron chi connectivity index (χ4n) is 2.77. The number of hydrogen-bond donors (Lipinski definition) is 0. The summed E-state index contributed by atoms with van der Waals surface area (Å²) >= 11 is 0. The Balaban J connectivity index is 1.51. The first kappa shape index (κ1) is 16.0. The Labute approximate surface area is 153 Å². The van der Waals surface area contributed by atoms with Crippen LogP contribution in [-0.4, -0.2) is 9.97 Å². The molecule has 0 saturated carbocycles. The summed E-state index contributed by atoms with van der Waals surface area (Å²) in [6.45, 7) is 0.490.